The summed E-state index contributed by atoms with van der Waals surface area (Å²) in [5.41, 5.74) is 3.52. The maximum Gasteiger partial charge on any atom is 0.121 e. The Kier molecular flexibility index (Phi) is 3.24. The van der Waals surface area contributed by atoms with Gasteiger partial charge in [0.05, 0.1) is 18.3 Å². The summed E-state index contributed by atoms with van der Waals surface area (Å²) in [5.74, 6) is 1.54. The summed E-state index contributed by atoms with van der Waals surface area (Å²) in [5, 5.41) is 1.16. The van der Waals surface area contributed by atoms with Gasteiger partial charge in [-0.15, -0.1) is 0 Å². The molecule has 0 amide bonds. The van der Waals surface area contributed by atoms with E-state index < -0.39 is 0 Å². The van der Waals surface area contributed by atoms with Gasteiger partial charge in [-0.3, -0.25) is 0 Å². The molecule has 1 aliphatic rings. The Labute approximate surface area is 114 Å². The highest BCUT2D eigenvalue weighted by atomic mass is 16.5. The number of pyridine rings is 1. The maximum absolute atomic E-state index is 5.27. The van der Waals surface area contributed by atoms with Crippen LogP contribution in [-0.2, 0) is 0 Å². The molecule has 0 N–H and O–H groups in total. The van der Waals surface area contributed by atoms with Crippen LogP contribution in [0.2, 0.25) is 0 Å². The lowest BCUT2D eigenvalue weighted by atomic mass is 9.90. The quantitative estimate of drug-likeness (QED) is 0.789. The van der Waals surface area contributed by atoms with Crippen molar-refractivity contribution in [3.8, 4) is 5.75 Å². The zero-order valence-corrected chi connectivity index (χ0v) is 11.5. The lowest BCUT2D eigenvalue weighted by molar-refractivity contribution is 0.415. The van der Waals surface area contributed by atoms with E-state index in [1.54, 1.807) is 7.11 Å². The molecule has 0 bridgehead atoms. The van der Waals surface area contributed by atoms with E-state index in [0.29, 0.717) is 5.92 Å². The molecule has 0 fully saturated rings. The largest absolute Gasteiger partial charge is 0.497 e. The Morgan fingerprint density at radius 1 is 1.21 bits per heavy atom. The van der Waals surface area contributed by atoms with Gasteiger partial charge in [-0.2, -0.15) is 0 Å². The molecule has 19 heavy (non-hydrogen) atoms. The molecule has 0 saturated heterocycles. The highest BCUT2D eigenvalue weighted by molar-refractivity contribution is 5.82. The van der Waals surface area contributed by atoms with Crippen molar-refractivity contribution < 1.29 is 4.74 Å². The molecular weight excluding hydrogens is 234 g/mol. The summed E-state index contributed by atoms with van der Waals surface area (Å²) in [6.45, 7) is 2.28. The van der Waals surface area contributed by atoms with Crippen LogP contribution in [0.15, 0.2) is 36.4 Å². The first kappa shape index (κ1) is 12.2. The fourth-order valence-electron chi connectivity index (χ4n) is 2.74. The minimum absolute atomic E-state index is 0.673. The van der Waals surface area contributed by atoms with Crippen molar-refractivity contribution in [3.05, 3.63) is 42.1 Å². The molecule has 0 saturated carbocycles. The van der Waals surface area contributed by atoms with Gasteiger partial charge in [0.15, 0.2) is 0 Å². The number of fused-ring (bicyclic) bond motifs is 1. The number of nitrogens with zero attached hydrogens (tertiary/aromatic N) is 1. The Morgan fingerprint density at radius 3 is 2.84 bits per heavy atom. The van der Waals surface area contributed by atoms with Crippen LogP contribution in [0.5, 0.6) is 5.75 Å². The average molecular weight is 253 g/mol. The van der Waals surface area contributed by atoms with Crippen molar-refractivity contribution in [2.45, 2.75) is 26.2 Å². The zero-order chi connectivity index (χ0) is 13.2. The minimum Gasteiger partial charge on any atom is -0.497 e. The number of rotatable bonds is 2. The Morgan fingerprint density at radius 2 is 2.05 bits per heavy atom. The first-order chi connectivity index (χ1) is 9.26. The molecule has 1 unspecified atom stereocenters. The number of ether oxygens (including phenoxy) is 1. The molecule has 2 heteroatoms. The second-order valence-electron chi connectivity index (χ2n) is 5.32. The van der Waals surface area contributed by atoms with E-state index in [9.17, 15) is 0 Å². The van der Waals surface area contributed by atoms with Crippen molar-refractivity contribution in [2.75, 3.05) is 7.11 Å². The van der Waals surface area contributed by atoms with Crippen LogP contribution in [0.4, 0.5) is 0 Å². The molecule has 2 aromatic rings. The van der Waals surface area contributed by atoms with Gasteiger partial charge < -0.3 is 4.74 Å². The first-order valence-electron chi connectivity index (χ1n) is 6.92. The van der Waals surface area contributed by atoms with Gasteiger partial charge in [0, 0.05) is 11.5 Å². The molecular formula is C17H19NO. The maximum atomic E-state index is 5.27. The molecule has 3 rings (SSSR count). The Bertz CT molecular complexity index is 630. The van der Waals surface area contributed by atoms with Crippen molar-refractivity contribution in [1.29, 1.82) is 0 Å². The first-order valence-corrected chi connectivity index (χ1v) is 6.92. The van der Waals surface area contributed by atoms with Gasteiger partial charge in [-0.1, -0.05) is 19.1 Å². The van der Waals surface area contributed by atoms with Gasteiger partial charge in [-0.25, -0.2) is 4.98 Å². The third kappa shape index (κ3) is 2.48. The van der Waals surface area contributed by atoms with Crippen molar-refractivity contribution in [1.82, 2.24) is 4.98 Å². The van der Waals surface area contributed by atoms with Crippen LogP contribution in [0.1, 0.15) is 31.9 Å². The van der Waals surface area contributed by atoms with E-state index in [1.807, 2.05) is 12.1 Å². The number of benzene rings is 1. The van der Waals surface area contributed by atoms with E-state index >= 15 is 0 Å². The number of allylic oxidation sites excluding steroid dienone is 2. The van der Waals surface area contributed by atoms with E-state index in [4.69, 9.17) is 9.72 Å². The molecule has 2 nitrogen and oxygen atoms in total. The predicted molar refractivity (Wildman–Crippen MR) is 79.3 cm³/mol. The Hall–Kier alpha value is -1.83. The SMILES string of the molecule is COc1ccc2ccc(C3=CC(C)CCC3)nc2c1. The molecule has 1 aliphatic carbocycles. The van der Waals surface area contributed by atoms with E-state index in [1.165, 1.54) is 18.4 Å². The summed E-state index contributed by atoms with van der Waals surface area (Å²) < 4.78 is 5.27. The van der Waals surface area contributed by atoms with Crippen LogP contribution in [-0.4, -0.2) is 12.1 Å². The highest BCUT2D eigenvalue weighted by Crippen LogP contribution is 2.30. The number of aromatic nitrogens is 1. The molecule has 1 heterocycles. The number of hydrogen-bond acceptors (Lipinski definition) is 2. The monoisotopic (exact) mass is 253 g/mol. The molecule has 98 valence electrons. The molecule has 1 aromatic heterocycles. The lowest BCUT2D eigenvalue weighted by Crippen LogP contribution is -2.01. The Balaban J connectivity index is 2.05. The third-order valence-corrected chi connectivity index (χ3v) is 3.82. The van der Waals surface area contributed by atoms with E-state index in [0.717, 1.165) is 28.8 Å². The van der Waals surface area contributed by atoms with Crippen molar-refractivity contribution >= 4 is 16.5 Å². The van der Waals surface area contributed by atoms with Crippen LogP contribution in [0, 0.1) is 5.92 Å². The fourth-order valence-corrected chi connectivity index (χ4v) is 2.74. The van der Waals surface area contributed by atoms with Crippen LogP contribution >= 0.6 is 0 Å². The second kappa shape index (κ2) is 5.04. The van der Waals surface area contributed by atoms with Gasteiger partial charge in [0.25, 0.3) is 0 Å². The second-order valence-corrected chi connectivity index (χ2v) is 5.32. The smallest absolute Gasteiger partial charge is 0.121 e. The molecule has 0 spiro atoms. The van der Waals surface area contributed by atoms with Gasteiger partial charge in [0.1, 0.15) is 5.75 Å². The van der Waals surface area contributed by atoms with Crippen molar-refractivity contribution in [2.24, 2.45) is 5.92 Å². The van der Waals surface area contributed by atoms with Gasteiger partial charge >= 0.3 is 0 Å². The number of methoxy groups -OCH3 is 1. The minimum atomic E-state index is 0.673. The zero-order valence-electron chi connectivity index (χ0n) is 11.5. The molecule has 1 atom stereocenters. The fraction of sp³-hybridized carbons (Fsp3) is 0.353. The molecule has 0 aliphatic heterocycles. The van der Waals surface area contributed by atoms with E-state index in [-0.39, 0.29) is 0 Å². The highest BCUT2D eigenvalue weighted by Gasteiger charge is 2.12. The van der Waals surface area contributed by atoms with Crippen molar-refractivity contribution in [3.63, 3.8) is 0 Å². The summed E-state index contributed by atoms with van der Waals surface area (Å²) >= 11 is 0. The summed E-state index contributed by atoms with van der Waals surface area (Å²) in [6, 6.07) is 10.3. The average Bonchev–Trinajstić information content (AvgIpc) is 2.46. The van der Waals surface area contributed by atoms with Crippen LogP contribution in [0.25, 0.3) is 16.5 Å². The number of hydrogen-bond donors (Lipinski definition) is 0. The lowest BCUT2D eigenvalue weighted by Gasteiger charge is -2.17. The van der Waals surface area contributed by atoms with Gasteiger partial charge in [0.2, 0.25) is 0 Å². The molecule has 1 aromatic carbocycles. The summed E-state index contributed by atoms with van der Waals surface area (Å²) in [7, 11) is 1.69. The van der Waals surface area contributed by atoms with E-state index in [2.05, 4.69) is 31.2 Å². The third-order valence-electron chi connectivity index (χ3n) is 3.82. The summed E-state index contributed by atoms with van der Waals surface area (Å²) in [6.07, 6.45) is 6.08. The molecule has 0 radical (unpaired) electrons. The summed E-state index contributed by atoms with van der Waals surface area (Å²) in [4.78, 5) is 4.79. The topological polar surface area (TPSA) is 22.1 Å². The normalized spacial score (nSPS) is 19.3. The van der Waals surface area contributed by atoms with Crippen LogP contribution < -0.4 is 4.74 Å². The van der Waals surface area contributed by atoms with Crippen LogP contribution in [0.3, 0.4) is 0 Å². The van der Waals surface area contributed by atoms with Gasteiger partial charge in [-0.05, 0) is 49.0 Å². The standard InChI is InChI=1S/C17H19NO/c1-12-4-3-5-14(10-12)16-9-7-13-6-8-15(19-2)11-17(13)18-16/h6-12H,3-5H2,1-2H3. The predicted octanol–water partition coefficient (Wildman–Crippen LogP) is 4.45.